The van der Waals surface area contributed by atoms with E-state index in [2.05, 4.69) is 6.92 Å². The van der Waals surface area contributed by atoms with Crippen molar-refractivity contribution in [3.63, 3.8) is 0 Å². The topological polar surface area (TPSA) is 83.8 Å². The fourth-order valence-electron chi connectivity index (χ4n) is 3.19. The summed E-state index contributed by atoms with van der Waals surface area (Å²) in [7, 11) is -4.48. The second-order valence-electron chi connectivity index (χ2n) is 7.01. The number of phenolic OH excluding ortho intramolecular Hbond substituents is 1. The van der Waals surface area contributed by atoms with Crippen molar-refractivity contribution in [2.75, 3.05) is 0 Å². The average molecular weight is 407 g/mol. The van der Waals surface area contributed by atoms with E-state index in [9.17, 15) is 18.1 Å². The fourth-order valence-corrected chi connectivity index (χ4v) is 3.83. The Morgan fingerprint density at radius 1 is 0.857 bits per heavy atom. The number of unbranched alkanes of at least 4 members (excludes halogenated alkanes) is 7. The molecule has 0 aromatic heterocycles. The van der Waals surface area contributed by atoms with Crippen LogP contribution in [-0.4, -0.2) is 18.1 Å². The fraction of sp³-hybridized carbons (Fsp3) is 0.455. The molecule has 2 aromatic rings. The summed E-state index contributed by atoms with van der Waals surface area (Å²) in [6, 6.07) is 11.2. The molecule has 0 saturated heterocycles. The van der Waals surface area contributed by atoms with E-state index in [-0.39, 0.29) is 16.4 Å². The first-order valence-electron chi connectivity index (χ1n) is 9.98. The van der Waals surface area contributed by atoms with Gasteiger partial charge in [-0.25, -0.2) is 0 Å². The summed E-state index contributed by atoms with van der Waals surface area (Å²) in [6.07, 6.45) is 9.58. The summed E-state index contributed by atoms with van der Waals surface area (Å²) >= 11 is 0. The number of benzene rings is 2. The summed E-state index contributed by atoms with van der Waals surface area (Å²) in [5, 5.41) is 10.3. The van der Waals surface area contributed by atoms with Crippen LogP contribution in [0.25, 0.3) is 0 Å². The normalized spacial score (nSPS) is 11.5. The minimum Gasteiger partial charge on any atom is -0.508 e. The standard InChI is InChI=1S/C22H30O5S/c1-2-3-4-5-6-7-8-12-15-19-20(23)16-17-21(28(24,25)26)22(19)27-18-13-10-9-11-14-18/h9-11,13-14,16-17,23H,2-8,12,15H2,1H3,(H,24,25,26). The van der Waals surface area contributed by atoms with Crippen molar-refractivity contribution >= 4 is 10.1 Å². The van der Waals surface area contributed by atoms with Crippen LogP contribution in [0.5, 0.6) is 17.2 Å². The summed E-state index contributed by atoms with van der Waals surface area (Å²) in [4.78, 5) is -0.330. The number of ether oxygens (including phenoxy) is 1. The molecule has 0 atom stereocenters. The molecular weight excluding hydrogens is 376 g/mol. The van der Waals surface area contributed by atoms with Crippen LogP contribution in [-0.2, 0) is 16.5 Å². The number of para-hydroxylation sites is 1. The van der Waals surface area contributed by atoms with E-state index in [1.54, 1.807) is 24.3 Å². The molecular formula is C22H30O5S. The monoisotopic (exact) mass is 406 g/mol. The summed E-state index contributed by atoms with van der Waals surface area (Å²) in [5.74, 6) is 0.410. The van der Waals surface area contributed by atoms with E-state index in [1.807, 2.05) is 6.07 Å². The SMILES string of the molecule is CCCCCCCCCCc1c(O)ccc(S(=O)(=O)O)c1Oc1ccccc1. The van der Waals surface area contributed by atoms with Gasteiger partial charge in [0, 0.05) is 5.56 Å². The first-order chi connectivity index (χ1) is 13.4. The van der Waals surface area contributed by atoms with Crippen LogP contribution in [0.4, 0.5) is 0 Å². The van der Waals surface area contributed by atoms with Gasteiger partial charge < -0.3 is 9.84 Å². The number of phenols is 1. The van der Waals surface area contributed by atoms with Crippen LogP contribution in [0.2, 0.25) is 0 Å². The third kappa shape index (κ3) is 6.84. The predicted octanol–water partition coefficient (Wildman–Crippen LogP) is 6.11. The van der Waals surface area contributed by atoms with E-state index < -0.39 is 10.1 Å². The Balaban J connectivity index is 2.11. The molecule has 6 heteroatoms. The molecule has 28 heavy (non-hydrogen) atoms. The lowest BCUT2D eigenvalue weighted by atomic mass is 10.0. The van der Waals surface area contributed by atoms with Gasteiger partial charge >= 0.3 is 0 Å². The van der Waals surface area contributed by atoms with Gasteiger partial charge in [0.25, 0.3) is 10.1 Å². The quantitative estimate of drug-likeness (QED) is 0.328. The third-order valence-electron chi connectivity index (χ3n) is 4.72. The van der Waals surface area contributed by atoms with Crippen LogP contribution in [0.1, 0.15) is 63.9 Å². The molecule has 0 aliphatic carbocycles. The van der Waals surface area contributed by atoms with Crippen LogP contribution in [0.3, 0.4) is 0 Å². The van der Waals surface area contributed by atoms with Crippen molar-refractivity contribution in [3.8, 4) is 17.2 Å². The maximum Gasteiger partial charge on any atom is 0.298 e. The maximum absolute atomic E-state index is 11.8. The van der Waals surface area contributed by atoms with Gasteiger partial charge in [-0.05, 0) is 37.1 Å². The lowest BCUT2D eigenvalue weighted by molar-refractivity contribution is 0.425. The minimum absolute atomic E-state index is 0.00311. The smallest absolute Gasteiger partial charge is 0.298 e. The Bertz CT molecular complexity index is 832. The van der Waals surface area contributed by atoms with Crippen molar-refractivity contribution in [1.82, 2.24) is 0 Å². The molecule has 0 unspecified atom stereocenters. The van der Waals surface area contributed by atoms with Crippen molar-refractivity contribution < 1.29 is 22.8 Å². The molecule has 0 heterocycles. The van der Waals surface area contributed by atoms with Crippen LogP contribution < -0.4 is 4.74 Å². The lowest BCUT2D eigenvalue weighted by Gasteiger charge is -2.16. The van der Waals surface area contributed by atoms with Gasteiger partial charge in [-0.2, -0.15) is 8.42 Å². The highest BCUT2D eigenvalue weighted by atomic mass is 32.2. The molecule has 0 aliphatic rings. The number of hydrogen-bond acceptors (Lipinski definition) is 4. The van der Waals surface area contributed by atoms with Crippen molar-refractivity contribution in [3.05, 3.63) is 48.0 Å². The number of hydrogen-bond donors (Lipinski definition) is 2. The van der Waals surface area contributed by atoms with Crippen molar-refractivity contribution in [2.45, 2.75) is 69.6 Å². The Hall–Kier alpha value is -2.05. The largest absolute Gasteiger partial charge is 0.508 e. The Labute approximate surface area is 168 Å². The van der Waals surface area contributed by atoms with Crippen LogP contribution in [0.15, 0.2) is 47.4 Å². The zero-order chi connectivity index (χ0) is 20.4. The maximum atomic E-state index is 11.8. The summed E-state index contributed by atoms with van der Waals surface area (Å²) < 4.78 is 39.0. The van der Waals surface area contributed by atoms with E-state index in [1.165, 1.54) is 44.2 Å². The van der Waals surface area contributed by atoms with Gasteiger partial charge in [-0.3, -0.25) is 4.55 Å². The highest BCUT2D eigenvalue weighted by molar-refractivity contribution is 7.86. The van der Waals surface area contributed by atoms with E-state index >= 15 is 0 Å². The van der Waals surface area contributed by atoms with Crippen molar-refractivity contribution in [2.24, 2.45) is 0 Å². The van der Waals surface area contributed by atoms with Gasteiger partial charge in [-0.15, -0.1) is 0 Å². The Morgan fingerprint density at radius 2 is 1.46 bits per heavy atom. The molecule has 0 amide bonds. The van der Waals surface area contributed by atoms with E-state index in [4.69, 9.17) is 4.74 Å². The zero-order valence-electron chi connectivity index (χ0n) is 16.4. The molecule has 0 bridgehead atoms. The highest BCUT2D eigenvalue weighted by Gasteiger charge is 2.23. The van der Waals surface area contributed by atoms with Crippen molar-refractivity contribution in [1.29, 1.82) is 0 Å². The Morgan fingerprint density at radius 3 is 2.07 bits per heavy atom. The third-order valence-corrected chi connectivity index (χ3v) is 5.60. The molecule has 2 aromatic carbocycles. The first-order valence-corrected chi connectivity index (χ1v) is 11.4. The van der Waals surface area contributed by atoms with Gasteiger partial charge in [0.1, 0.15) is 16.4 Å². The lowest BCUT2D eigenvalue weighted by Crippen LogP contribution is -2.04. The molecule has 0 aliphatic heterocycles. The molecule has 0 saturated carbocycles. The number of aromatic hydroxyl groups is 1. The van der Waals surface area contributed by atoms with Gasteiger partial charge in [0.15, 0.2) is 5.75 Å². The van der Waals surface area contributed by atoms with Gasteiger partial charge in [-0.1, -0.05) is 70.1 Å². The molecule has 0 fully saturated rings. The number of rotatable bonds is 12. The second-order valence-corrected chi connectivity index (χ2v) is 8.40. The molecule has 0 spiro atoms. The summed E-state index contributed by atoms with van der Waals surface area (Å²) in [5.41, 5.74) is 0.407. The Kier molecular flexibility index (Phi) is 8.80. The second kappa shape index (κ2) is 11.1. The minimum atomic E-state index is -4.48. The summed E-state index contributed by atoms with van der Waals surface area (Å²) in [6.45, 7) is 2.20. The van der Waals surface area contributed by atoms with Crippen LogP contribution >= 0.6 is 0 Å². The van der Waals surface area contributed by atoms with E-state index in [0.29, 0.717) is 17.7 Å². The van der Waals surface area contributed by atoms with Gasteiger partial charge in [0.05, 0.1) is 0 Å². The van der Waals surface area contributed by atoms with Crippen LogP contribution in [0, 0.1) is 0 Å². The predicted molar refractivity (Wildman–Crippen MR) is 111 cm³/mol. The molecule has 0 radical (unpaired) electrons. The van der Waals surface area contributed by atoms with E-state index in [0.717, 1.165) is 19.3 Å². The first kappa shape index (κ1) is 22.2. The molecule has 154 valence electrons. The molecule has 2 N–H and O–H groups in total. The van der Waals surface area contributed by atoms with Gasteiger partial charge in [0.2, 0.25) is 0 Å². The zero-order valence-corrected chi connectivity index (χ0v) is 17.2. The average Bonchev–Trinajstić information content (AvgIpc) is 2.65. The molecule has 5 nitrogen and oxygen atoms in total. The highest BCUT2D eigenvalue weighted by Crippen LogP contribution is 2.38. The molecule has 2 rings (SSSR count).